The molecule has 1 amide bonds. The van der Waals surface area contributed by atoms with Gasteiger partial charge in [-0.1, -0.05) is 0 Å². The molecule has 0 radical (unpaired) electrons. The molecule has 0 aliphatic carbocycles. The zero-order chi connectivity index (χ0) is 23.0. The highest BCUT2D eigenvalue weighted by atomic mass is 19.4. The molecule has 0 unspecified atom stereocenters. The van der Waals surface area contributed by atoms with Gasteiger partial charge in [0.25, 0.3) is 5.82 Å². The van der Waals surface area contributed by atoms with Gasteiger partial charge in [0.05, 0.1) is 0 Å². The molecule has 0 bridgehead atoms. The molecule has 33 heavy (non-hydrogen) atoms. The Bertz CT molecular complexity index is 1130. The lowest BCUT2D eigenvalue weighted by atomic mass is 9.96. The van der Waals surface area contributed by atoms with Crippen molar-refractivity contribution < 1.29 is 18.0 Å². The number of nitrogens with one attached hydrogen (secondary N) is 2. The monoisotopic (exact) mass is 464 g/mol. The van der Waals surface area contributed by atoms with E-state index in [1.807, 2.05) is 4.90 Å². The number of hydrogen-bond acceptors (Lipinski definition) is 8. The van der Waals surface area contributed by atoms with Gasteiger partial charge in [0.2, 0.25) is 17.8 Å². The largest absolute Gasteiger partial charge is 0.453 e. The van der Waals surface area contributed by atoms with Crippen molar-refractivity contribution in [3.63, 3.8) is 0 Å². The van der Waals surface area contributed by atoms with Crippen LogP contribution < -0.4 is 15.1 Å². The highest BCUT2D eigenvalue weighted by molar-refractivity contribution is 5.91. The molecule has 2 saturated heterocycles. The minimum Gasteiger partial charge on any atom is -0.355 e. The van der Waals surface area contributed by atoms with Crippen molar-refractivity contribution in [3.05, 3.63) is 18.0 Å². The Kier molecular flexibility index (Phi) is 5.50. The summed E-state index contributed by atoms with van der Waals surface area (Å²) in [7, 11) is 0. The number of halogens is 3. The van der Waals surface area contributed by atoms with Crippen LogP contribution >= 0.6 is 0 Å². The van der Waals surface area contributed by atoms with Gasteiger partial charge >= 0.3 is 6.18 Å². The first-order valence-corrected chi connectivity index (χ1v) is 10.9. The number of anilines is 3. The van der Waals surface area contributed by atoms with Crippen LogP contribution in [0.1, 0.15) is 37.9 Å². The Hall–Kier alpha value is -3.45. The van der Waals surface area contributed by atoms with Gasteiger partial charge < -0.3 is 9.80 Å². The van der Waals surface area contributed by atoms with Crippen LogP contribution in [0.15, 0.2) is 12.1 Å². The van der Waals surface area contributed by atoms with Crippen LogP contribution in [0.25, 0.3) is 5.65 Å². The van der Waals surface area contributed by atoms with E-state index in [1.54, 1.807) is 6.07 Å². The van der Waals surface area contributed by atoms with E-state index in [4.69, 9.17) is 0 Å². The lowest BCUT2D eigenvalue weighted by Crippen LogP contribution is -2.39. The molecule has 5 heterocycles. The van der Waals surface area contributed by atoms with Crippen LogP contribution in [0.3, 0.4) is 0 Å². The number of nitrogens with zero attached hydrogens (tertiary/aromatic N) is 8. The van der Waals surface area contributed by atoms with Crippen molar-refractivity contribution in [2.75, 3.05) is 41.3 Å². The van der Waals surface area contributed by atoms with Gasteiger partial charge in [0.15, 0.2) is 5.65 Å². The Labute approximate surface area is 186 Å². The zero-order valence-electron chi connectivity index (χ0n) is 17.7. The second-order valence-corrected chi connectivity index (χ2v) is 8.27. The summed E-state index contributed by atoms with van der Waals surface area (Å²) in [6.07, 6.45) is -0.170. The van der Waals surface area contributed by atoms with Crippen LogP contribution in [0.4, 0.5) is 30.9 Å². The quantitative estimate of drug-likeness (QED) is 0.603. The lowest BCUT2D eigenvalue weighted by molar-refractivity contribution is -0.146. The molecule has 3 aromatic heterocycles. The van der Waals surface area contributed by atoms with Crippen molar-refractivity contribution in [1.82, 2.24) is 35.0 Å². The van der Waals surface area contributed by atoms with Gasteiger partial charge in [0.1, 0.15) is 5.82 Å². The predicted molar refractivity (Wildman–Crippen MR) is 112 cm³/mol. The Balaban J connectivity index is 1.19. The molecule has 2 fully saturated rings. The van der Waals surface area contributed by atoms with E-state index in [0.29, 0.717) is 48.2 Å². The van der Waals surface area contributed by atoms with Crippen molar-refractivity contribution in [2.24, 2.45) is 5.92 Å². The molecule has 0 spiro atoms. The smallest absolute Gasteiger partial charge is 0.355 e. The number of hydrogen-bond donors (Lipinski definition) is 2. The molecule has 176 valence electrons. The summed E-state index contributed by atoms with van der Waals surface area (Å²) in [5.74, 6) is -0.264. The fourth-order valence-electron chi connectivity index (χ4n) is 4.26. The molecule has 2 aliphatic heterocycles. The minimum absolute atomic E-state index is 0.0244. The molecule has 3 aromatic rings. The Morgan fingerprint density at radius 1 is 1.03 bits per heavy atom. The number of carbonyl (C=O) groups excluding carboxylic acids is 1. The molecular formula is C19H23F3N10O. The van der Waals surface area contributed by atoms with E-state index in [-0.39, 0.29) is 17.5 Å². The van der Waals surface area contributed by atoms with Gasteiger partial charge in [-0.05, 0) is 44.2 Å². The summed E-state index contributed by atoms with van der Waals surface area (Å²) in [6, 6.07) is 3.06. The molecule has 11 nitrogen and oxygen atoms in total. The molecule has 2 N–H and O–H groups in total. The number of carbonyl (C=O) groups is 1. The third-order valence-corrected chi connectivity index (χ3v) is 6.05. The van der Waals surface area contributed by atoms with E-state index in [9.17, 15) is 18.0 Å². The third kappa shape index (κ3) is 4.41. The molecular weight excluding hydrogens is 441 g/mol. The zero-order valence-corrected chi connectivity index (χ0v) is 17.7. The average molecular weight is 464 g/mol. The standard InChI is InChI=1S/C19H23F3N10O/c20-19(21,22)16-26-25-13-4-5-14(29-32(13)16)30-10-6-12(7-11-30)15(33)23-17-24-18(28-27-17)31-8-2-1-3-9-31/h4-5,12H,1-3,6-11H2,(H2,23,24,27,28,33). The van der Waals surface area contributed by atoms with E-state index in [2.05, 4.69) is 40.7 Å². The fourth-order valence-corrected chi connectivity index (χ4v) is 4.26. The number of fused-ring (bicyclic) bond motifs is 1. The SMILES string of the molecule is O=C(Nc1nc(N2CCCCC2)n[nH]1)C1CCN(c2ccc3nnc(C(F)(F)F)n3n2)CC1. The maximum Gasteiger partial charge on any atom is 0.453 e. The molecule has 2 aliphatic rings. The summed E-state index contributed by atoms with van der Waals surface area (Å²) in [5.41, 5.74) is 0.0244. The normalized spacial score (nSPS) is 18.2. The summed E-state index contributed by atoms with van der Waals surface area (Å²) < 4.78 is 40.1. The van der Waals surface area contributed by atoms with E-state index in [1.165, 1.54) is 12.5 Å². The predicted octanol–water partition coefficient (Wildman–Crippen LogP) is 2.11. The highest BCUT2D eigenvalue weighted by Gasteiger charge is 2.38. The second kappa shape index (κ2) is 8.48. The van der Waals surface area contributed by atoms with E-state index >= 15 is 0 Å². The molecule has 14 heteroatoms. The molecule has 0 aromatic carbocycles. The summed E-state index contributed by atoms with van der Waals surface area (Å²) >= 11 is 0. The van der Waals surface area contributed by atoms with Crippen LogP contribution in [-0.4, -0.2) is 67.1 Å². The van der Waals surface area contributed by atoms with E-state index < -0.39 is 12.0 Å². The first-order valence-electron chi connectivity index (χ1n) is 10.9. The summed E-state index contributed by atoms with van der Waals surface area (Å²) in [4.78, 5) is 21.0. The molecule has 5 rings (SSSR count). The van der Waals surface area contributed by atoms with Crippen molar-refractivity contribution in [2.45, 2.75) is 38.3 Å². The van der Waals surface area contributed by atoms with Gasteiger partial charge in [-0.15, -0.1) is 20.4 Å². The fraction of sp³-hybridized carbons (Fsp3) is 0.579. The topological polar surface area (TPSA) is 120 Å². The number of piperidine rings is 2. The summed E-state index contributed by atoms with van der Waals surface area (Å²) in [5, 5.41) is 20.6. The first-order chi connectivity index (χ1) is 15.9. The van der Waals surface area contributed by atoms with E-state index in [0.717, 1.165) is 25.9 Å². The van der Waals surface area contributed by atoms with Gasteiger partial charge in [-0.25, -0.2) is 5.10 Å². The van der Waals surface area contributed by atoms with Crippen LogP contribution in [0, 0.1) is 5.92 Å². The third-order valence-electron chi connectivity index (χ3n) is 6.05. The van der Waals surface area contributed by atoms with Crippen LogP contribution in [0.2, 0.25) is 0 Å². The van der Waals surface area contributed by atoms with Crippen molar-refractivity contribution >= 4 is 29.3 Å². The minimum atomic E-state index is -4.65. The van der Waals surface area contributed by atoms with Gasteiger partial charge in [-0.3, -0.25) is 10.1 Å². The molecule has 0 atom stereocenters. The van der Waals surface area contributed by atoms with Gasteiger partial charge in [-0.2, -0.15) is 22.7 Å². The highest BCUT2D eigenvalue weighted by Crippen LogP contribution is 2.29. The number of H-pyrrole nitrogens is 1. The number of alkyl halides is 3. The lowest BCUT2D eigenvalue weighted by Gasteiger charge is -2.31. The number of amides is 1. The summed E-state index contributed by atoms with van der Waals surface area (Å²) in [6.45, 7) is 2.78. The maximum atomic E-state index is 13.1. The van der Waals surface area contributed by atoms with Crippen molar-refractivity contribution in [3.8, 4) is 0 Å². The Morgan fingerprint density at radius 3 is 2.52 bits per heavy atom. The maximum absolute atomic E-state index is 13.1. The van der Waals surface area contributed by atoms with Crippen molar-refractivity contribution in [1.29, 1.82) is 0 Å². The molecule has 0 saturated carbocycles. The number of rotatable bonds is 4. The van der Waals surface area contributed by atoms with Gasteiger partial charge in [0, 0.05) is 32.1 Å². The number of aromatic nitrogens is 7. The van der Waals surface area contributed by atoms with Crippen LogP contribution in [0.5, 0.6) is 0 Å². The Morgan fingerprint density at radius 2 is 1.79 bits per heavy atom. The average Bonchev–Trinajstić information content (AvgIpc) is 3.46. The number of aromatic amines is 1. The van der Waals surface area contributed by atoms with Crippen LogP contribution in [-0.2, 0) is 11.0 Å². The first kappa shape index (κ1) is 21.4. The second-order valence-electron chi connectivity index (χ2n) is 8.27.